The summed E-state index contributed by atoms with van der Waals surface area (Å²) < 4.78 is 0. The Balaban J connectivity index is 1.65. The lowest BCUT2D eigenvalue weighted by molar-refractivity contribution is -0.114. The molecule has 6 heteroatoms. The molecule has 29 heavy (non-hydrogen) atoms. The van der Waals surface area contributed by atoms with Crippen LogP contribution in [0, 0.1) is 0 Å². The second kappa shape index (κ2) is 9.01. The Hall–Kier alpha value is -3.67. The van der Waals surface area contributed by atoms with Gasteiger partial charge in [-0.2, -0.15) is 0 Å². The van der Waals surface area contributed by atoms with Crippen LogP contribution in [0.2, 0.25) is 0 Å². The Morgan fingerprint density at radius 2 is 1.48 bits per heavy atom. The summed E-state index contributed by atoms with van der Waals surface area (Å²) in [6.45, 7) is 5.65. The van der Waals surface area contributed by atoms with Crippen molar-refractivity contribution in [2.24, 2.45) is 0 Å². The molecule has 0 atom stereocenters. The normalized spacial score (nSPS) is 10.5. The van der Waals surface area contributed by atoms with Crippen LogP contribution in [0.15, 0.2) is 66.9 Å². The summed E-state index contributed by atoms with van der Waals surface area (Å²) in [5.74, 6) is -0.0489. The first-order chi connectivity index (χ1) is 13.9. The molecule has 3 N–H and O–H groups in total. The number of anilines is 4. The molecule has 0 spiro atoms. The second-order valence-corrected chi connectivity index (χ2v) is 7.01. The van der Waals surface area contributed by atoms with Crippen LogP contribution in [0.25, 0.3) is 0 Å². The highest BCUT2D eigenvalue weighted by Gasteiger charge is 2.12. The van der Waals surface area contributed by atoms with Crippen molar-refractivity contribution >= 4 is 34.6 Å². The monoisotopic (exact) mass is 388 g/mol. The van der Waals surface area contributed by atoms with Crippen molar-refractivity contribution in [3.63, 3.8) is 0 Å². The zero-order valence-electron chi connectivity index (χ0n) is 16.7. The molecule has 2 amide bonds. The van der Waals surface area contributed by atoms with Gasteiger partial charge >= 0.3 is 0 Å². The molecule has 6 nitrogen and oxygen atoms in total. The summed E-state index contributed by atoms with van der Waals surface area (Å²) in [5, 5.41) is 8.88. The average Bonchev–Trinajstić information content (AvgIpc) is 2.70. The molecule has 2 aromatic carbocycles. The average molecular weight is 388 g/mol. The van der Waals surface area contributed by atoms with E-state index in [1.807, 2.05) is 48.5 Å². The number of nitrogens with zero attached hydrogens (tertiary/aromatic N) is 1. The van der Waals surface area contributed by atoms with E-state index >= 15 is 0 Å². The number of carbonyl (C=O) groups is 2. The standard InChI is InChI=1S/C23H24N4O2/c1-15(2)20-6-4-5-7-21(20)27-23(29)22-13-12-19(14-24-22)26-18-10-8-17(9-11-18)25-16(3)28/h4-15,26H,1-3H3,(H,25,28)(H,27,29). The molecule has 0 saturated heterocycles. The molecule has 0 saturated carbocycles. The molecule has 0 aliphatic heterocycles. The van der Waals surface area contributed by atoms with Gasteiger partial charge in [-0.05, 0) is 53.9 Å². The van der Waals surface area contributed by atoms with E-state index in [1.54, 1.807) is 18.3 Å². The quantitative estimate of drug-likeness (QED) is 0.545. The van der Waals surface area contributed by atoms with E-state index in [1.165, 1.54) is 6.92 Å². The molecular formula is C23H24N4O2. The van der Waals surface area contributed by atoms with Crippen molar-refractivity contribution in [1.29, 1.82) is 0 Å². The smallest absolute Gasteiger partial charge is 0.274 e. The van der Waals surface area contributed by atoms with Crippen LogP contribution >= 0.6 is 0 Å². The highest BCUT2D eigenvalue weighted by atomic mass is 16.2. The lowest BCUT2D eigenvalue weighted by Gasteiger charge is -2.13. The molecular weight excluding hydrogens is 364 g/mol. The van der Waals surface area contributed by atoms with Crippen LogP contribution in [0.5, 0.6) is 0 Å². The lowest BCUT2D eigenvalue weighted by Crippen LogP contribution is -2.15. The summed E-state index contributed by atoms with van der Waals surface area (Å²) >= 11 is 0. The Labute approximate surface area is 170 Å². The minimum atomic E-state index is -0.246. The summed E-state index contributed by atoms with van der Waals surface area (Å²) in [4.78, 5) is 27.9. The van der Waals surface area contributed by atoms with Gasteiger partial charge in [0.25, 0.3) is 5.91 Å². The summed E-state index contributed by atoms with van der Waals surface area (Å²) in [5.41, 5.74) is 4.57. The number of nitrogens with one attached hydrogen (secondary N) is 3. The van der Waals surface area contributed by atoms with Gasteiger partial charge in [0.2, 0.25) is 5.91 Å². The first-order valence-electron chi connectivity index (χ1n) is 9.43. The largest absolute Gasteiger partial charge is 0.354 e. The number of benzene rings is 2. The molecule has 0 aliphatic rings. The number of rotatable bonds is 6. The van der Waals surface area contributed by atoms with Gasteiger partial charge < -0.3 is 16.0 Å². The van der Waals surface area contributed by atoms with Gasteiger partial charge in [-0.3, -0.25) is 9.59 Å². The minimum absolute atomic E-state index is 0.111. The van der Waals surface area contributed by atoms with Crippen molar-refractivity contribution < 1.29 is 9.59 Å². The summed E-state index contributed by atoms with van der Waals surface area (Å²) in [6, 6.07) is 18.6. The van der Waals surface area contributed by atoms with Gasteiger partial charge in [0.05, 0.1) is 11.9 Å². The van der Waals surface area contributed by atoms with Gasteiger partial charge in [0.1, 0.15) is 5.69 Å². The van der Waals surface area contributed by atoms with E-state index in [4.69, 9.17) is 0 Å². The fourth-order valence-electron chi connectivity index (χ4n) is 2.91. The molecule has 0 aliphatic carbocycles. The zero-order valence-corrected chi connectivity index (χ0v) is 16.7. The Morgan fingerprint density at radius 3 is 2.10 bits per heavy atom. The van der Waals surface area contributed by atoms with Crippen LogP contribution in [-0.2, 0) is 4.79 Å². The van der Waals surface area contributed by atoms with Gasteiger partial charge in [-0.15, -0.1) is 0 Å². The number of carbonyl (C=O) groups excluding carboxylic acids is 2. The summed E-state index contributed by atoms with van der Waals surface area (Å²) in [6.07, 6.45) is 1.62. The van der Waals surface area contributed by atoms with Crippen LogP contribution in [0.4, 0.5) is 22.7 Å². The number of pyridine rings is 1. The molecule has 0 unspecified atom stereocenters. The highest BCUT2D eigenvalue weighted by Crippen LogP contribution is 2.24. The Kier molecular flexibility index (Phi) is 6.24. The molecule has 3 rings (SSSR count). The second-order valence-electron chi connectivity index (χ2n) is 7.01. The van der Waals surface area contributed by atoms with Crippen molar-refractivity contribution in [2.75, 3.05) is 16.0 Å². The third-order valence-corrected chi connectivity index (χ3v) is 4.32. The Morgan fingerprint density at radius 1 is 0.828 bits per heavy atom. The molecule has 0 fully saturated rings. The van der Waals surface area contributed by atoms with E-state index in [0.29, 0.717) is 11.6 Å². The zero-order chi connectivity index (χ0) is 20.8. The van der Waals surface area contributed by atoms with Gasteiger partial charge in [-0.1, -0.05) is 32.0 Å². The SMILES string of the molecule is CC(=O)Nc1ccc(Nc2ccc(C(=O)Nc3ccccc3C(C)C)nc2)cc1. The molecule has 0 radical (unpaired) electrons. The molecule has 0 bridgehead atoms. The maximum atomic E-state index is 12.6. The van der Waals surface area contributed by atoms with Crippen LogP contribution in [-0.4, -0.2) is 16.8 Å². The molecule has 1 heterocycles. The molecule has 3 aromatic rings. The highest BCUT2D eigenvalue weighted by molar-refractivity contribution is 6.03. The van der Waals surface area contributed by atoms with E-state index in [0.717, 1.165) is 28.3 Å². The van der Waals surface area contributed by atoms with Crippen molar-refractivity contribution in [1.82, 2.24) is 4.98 Å². The summed E-state index contributed by atoms with van der Waals surface area (Å²) in [7, 11) is 0. The van der Waals surface area contributed by atoms with Crippen molar-refractivity contribution in [3.8, 4) is 0 Å². The van der Waals surface area contributed by atoms with E-state index in [-0.39, 0.29) is 11.8 Å². The van der Waals surface area contributed by atoms with Gasteiger partial charge in [0.15, 0.2) is 0 Å². The number of amides is 2. The van der Waals surface area contributed by atoms with E-state index in [9.17, 15) is 9.59 Å². The molecule has 148 valence electrons. The topological polar surface area (TPSA) is 83.1 Å². The fraction of sp³-hybridized carbons (Fsp3) is 0.174. The maximum absolute atomic E-state index is 12.6. The third-order valence-electron chi connectivity index (χ3n) is 4.32. The van der Waals surface area contributed by atoms with Crippen molar-refractivity contribution in [2.45, 2.75) is 26.7 Å². The lowest BCUT2D eigenvalue weighted by atomic mass is 10.0. The first kappa shape index (κ1) is 20.1. The number of hydrogen-bond acceptors (Lipinski definition) is 4. The first-order valence-corrected chi connectivity index (χ1v) is 9.43. The van der Waals surface area contributed by atoms with Crippen molar-refractivity contribution in [3.05, 3.63) is 78.1 Å². The van der Waals surface area contributed by atoms with E-state index in [2.05, 4.69) is 34.8 Å². The fourth-order valence-corrected chi connectivity index (χ4v) is 2.91. The van der Waals surface area contributed by atoms with Crippen LogP contribution in [0.3, 0.4) is 0 Å². The predicted molar refractivity (Wildman–Crippen MR) is 117 cm³/mol. The van der Waals surface area contributed by atoms with E-state index < -0.39 is 0 Å². The number of hydrogen-bond donors (Lipinski definition) is 3. The maximum Gasteiger partial charge on any atom is 0.274 e. The number of para-hydroxylation sites is 1. The van der Waals surface area contributed by atoms with Gasteiger partial charge in [-0.25, -0.2) is 4.98 Å². The Bertz CT molecular complexity index is 996. The number of aromatic nitrogens is 1. The minimum Gasteiger partial charge on any atom is -0.354 e. The predicted octanol–water partition coefficient (Wildman–Crippen LogP) is 5.16. The van der Waals surface area contributed by atoms with Crippen LogP contribution in [0.1, 0.15) is 42.7 Å². The molecule has 1 aromatic heterocycles. The van der Waals surface area contributed by atoms with Crippen LogP contribution < -0.4 is 16.0 Å². The third kappa shape index (κ3) is 5.42. The van der Waals surface area contributed by atoms with Gasteiger partial charge in [0, 0.05) is 24.0 Å².